The Labute approximate surface area is 357 Å². The van der Waals surface area contributed by atoms with Crippen LogP contribution >= 0.6 is 0 Å². The van der Waals surface area contributed by atoms with Crippen molar-refractivity contribution in [2.75, 3.05) is 0 Å². The Morgan fingerprint density at radius 3 is 0.525 bits per heavy atom. The molecule has 0 radical (unpaired) electrons. The second kappa shape index (κ2) is 51.0. The van der Waals surface area contributed by atoms with Gasteiger partial charge in [0.05, 0.1) is 11.9 Å². The smallest absolute Gasteiger partial charge is 0.550 e. The molecule has 28 heteroatoms. The molecule has 0 aromatic heterocycles. The summed E-state index contributed by atoms with van der Waals surface area (Å²) in [6.45, 7) is 0. The molecule has 0 heterocycles. The molecule has 0 atom stereocenters. The van der Waals surface area contributed by atoms with Gasteiger partial charge in [0.25, 0.3) is 0 Å². The van der Waals surface area contributed by atoms with Gasteiger partial charge in [0.1, 0.15) is 11.2 Å². The average Bonchev–Trinajstić information content (AvgIpc) is 2.34. The number of hydrogen-bond donors (Lipinski definition) is 2. The second-order valence-corrected chi connectivity index (χ2v) is 4.83. The minimum Gasteiger partial charge on any atom is -0.550 e. The second-order valence-electron chi connectivity index (χ2n) is 4.83. The van der Waals surface area contributed by atoms with Gasteiger partial charge in [0.15, 0.2) is 0 Å². The van der Waals surface area contributed by atoms with Crippen molar-refractivity contribution in [2.45, 2.75) is 36.9 Å². The number of carboxylic acids is 6. The summed E-state index contributed by atoms with van der Waals surface area (Å²) in [5.41, 5.74) is -5.95. The van der Waals surface area contributed by atoms with Crippen LogP contribution in [0, 0.1) is 0 Å². The summed E-state index contributed by atoms with van der Waals surface area (Å²) in [6, 6.07) is 0. The fraction of sp³-hybridized carbons (Fsp3) is 0.500. The van der Waals surface area contributed by atoms with Gasteiger partial charge >= 0.3 is 177 Å². The number of aliphatic carboxylic acids is 6. The molecular formula is C12H26Na6O22. The molecule has 0 saturated heterocycles. The van der Waals surface area contributed by atoms with Crippen LogP contribution in [0.15, 0.2) is 0 Å². The molecule has 0 bridgehead atoms. The number of carbonyl (C=O) groups excluding carboxylic acids is 6. The molecule has 0 aromatic carbocycles. The normalized spacial score (nSPS) is 7.05. The van der Waals surface area contributed by atoms with Crippen LogP contribution in [0.5, 0.6) is 0 Å². The van der Waals surface area contributed by atoms with Gasteiger partial charge in [-0.3, -0.25) is 0 Å². The molecule has 22 nitrogen and oxygen atoms in total. The monoisotopic (exact) mass is 660 g/mol. The molecule has 0 amide bonds. The van der Waals surface area contributed by atoms with Crippen molar-refractivity contribution in [1.82, 2.24) is 0 Å². The van der Waals surface area contributed by atoms with Crippen LogP contribution < -0.4 is 208 Å². The molecule has 0 unspecified atom stereocenters. The fourth-order valence-corrected chi connectivity index (χ4v) is 1.37. The molecule has 0 saturated carbocycles. The van der Waals surface area contributed by atoms with Crippen molar-refractivity contribution >= 4 is 35.8 Å². The van der Waals surface area contributed by atoms with E-state index >= 15 is 0 Å². The Morgan fingerprint density at radius 2 is 0.475 bits per heavy atom. The molecule has 0 fully saturated rings. The predicted molar refractivity (Wildman–Crippen MR) is 87.3 cm³/mol. The maximum absolute atomic E-state index is 10.1. The Balaban J connectivity index is -0.0000000152. The minimum absolute atomic E-state index is 0. The van der Waals surface area contributed by atoms with Gasteiger partial charge < -0.3 is 113 Å². The zero-order valence-electron chi connectivity index (χ0n) is 22.6. The predicted octanol–water partition coefficient (Wildman–Crippen LogP) is -35.1. The van der Waals surface area contributed by atoms with E-state index in [-0.39, 0.29) is 221 Å². The molecule has 0 rings (SSSR count). The molecule has 40 heavy (non-hydrogen) atoms. The summed E-state index contributed by atoms with van der Waals surface area (Å²) in [7, 11) is 0. The maximum atomic E-state index is 10.1. The fourth-order valence-electron chi connectivity index (χ4n) is 1.37. The van der Waals surface area contributed by atoms with Crippen molar-refractivity contribution in [2.24, 2.45) is 0 Å². The van der Waals surface area contributed by atoms with Gasteiger partial charge in [-0.15, -0.1) is 0 Å². The van der Waals surface area contributed by atoms with Crippen LogP contribution in [0.25, 0.3) is 0 Å². The van der Waals surface area contributed by atoms with Gasteiger partial charge in [-0.1, -0.05) is 0 Å². The number of rotatable bonds is 10. The maximum Gasteiger partial charge on any atom is 1.00 e. The number of aliphatic hydroxyl groups is 2. The van der Waals surface area contributed by atoms with Crippen LogP contribution in [0.3, 0.4) is 0 Å². The van der Waals surface area contributed by atoms with Crippen molar-refractivity contribution in [1.29, 1.82) is 0 Å². The Kier molecular flexibility index (Phi) is 133. The molecule has 0 aromatic rings. The van der Waals surface area contributed by atoms with Crippen LogP contribution in [0.4, 0.5) is 0 Å². The van der Waals surface area contributed by atoms with E-state index in [1.165, 1.54) is 0 Å². The zero-order valence-corrected chi connectivity index (χ0v) is 34.6. The van der Waals surface area contributed by atoms with E-state index in [1.54, 1.807) is 0 Å². The van der Waals surface area contributed by atoms with Crippen molar-refractivity contribution in [3.63, 3.8) is 0 Å². The van der Waals surface area contributed by atoms with Gasteiger partial charge in [-0.25, -0.2) is 0 Å². The Morgan fingerprint density at radius 1 is 0.375 bits per heavy atom. The molecular weight excluding hydrogens is 634 g/mol. The SMILES string of the molecule is O.O.O.O.O.O.O.O.O=C([O-])CC(O)(CC(=O)[O-])C(=O)[O-].O=C([O-])CC(O)(CC(=O)[O-])C(=O)[O-].[Na+].[Na+].[Na+].[Na+].[Na+].[Na+]. The quantitative estimate of drug-likeness (QED) is 0.206. The van der Waals surface area contributed by atoms with Crippen molar-refractivity contribution < 1.29 is 291 Å². The van der Waals surface area contributed by atoms with E-state index in [0.29, 0.717) is 0 Å². The van der Waals surface area contributed by atoms with Crippen LogP contribution in [-0.2, 0) is 28.8 Å². The first kappa shape index (κ1) is 104. The van der Waals surface area contributed by atoms with Crippen LogP contribution in [0.1, 0.15) is 25.7 Å². The molecule has 212 valence electrons. The third-order valence-corrected chi connectivity index (χ3v) is 2.51. The number of carboxylic acid groups (broad SMARTS) is 6. The van der Waals surface area contributed by atoms with E-state index in [2.05, 4.69) is 0 Å². The summed E-state index contributed by atoms with van der Waals surface area (Å²) in [5, 5.41) is 77.9. The topological polar surface area (TPSA) is 533 Å². The van der Waals surface area contributed by atoms with E-state index in [1.807, 2.05) is 0 Å². The molecule has 0 aliphatic heterocycles. The molecule has 18 N–H and O–H groups in total. The first-order valence-corrected chi connectivity index (χ1v) is 6.23. The van der Waals surface area contributed by atoms with Gasteiger partial charge in [0, 0.05) is 49.6 Å². The largest absolute Gasteiger partial charge is 1.00 e. The minimum atomic E-state index is -2.97. The third-order valence-electron chi connectivity index (χ3n) is 2.51. The van der Waals surface area contributed by atoms with Gasteiger partial charge in [-0.2, -0.15) is 0 Å². The average molecular weight is 660 g/mol. The Bertz CT molecular complexity index is 537. The molecule has 0 spiro atoms. The van der Waals surface area contributed by atoms with E-state index in [0.717, 1.165) is 0 Å². The number of carbonyl (C=O) groups is 6. The third kappa shape index (κ3) is 53.0. The van der Waals surface area contributed by atoms with Crippen LogP contribution in [0.2, 0.25) is 0 Å². The van der Waals surface area contributed by atoms with E-state index in [9.17, 15) is 59.4 Å². The van der Waals surface area contributed by atoms with E-state index in [4.69, 9.17) is 10.2 Å². The number of hydrogen-bond acceptors (Lipinski definition) is 14. The van der Waals surface area contributed by atoms with Crippen molar-refractivity contribution in [3.05, 3.63) is 0 Å². The standard InChI is InChI=1S/2C6H8O7.6Na.8H2O/c2*7-3(8)1-6(13,5(11)12)2-4(9)10;;;;;;;;;;;;;;/h2*13H,1-2H2,(H,7,8)(H,9,10)(H,11,12);;;;;;;8*1H2/q;;6*+1;;;;;;;;/p-6. The summed E-state index contributed by atoms with van der Waals surface area (Å²) >= 11 is 0. The first-order valence-electron chi connectivity index (χ1n) is 6.23. The van der Waals surface area contributed by atoms with Crippen molar-refractivity contribution in [3.8, 4) is 0 Å². The first-order chi connectivity index (χ1) is 11.6. The summed E-state index contributed by atoms with van der Waals surface area (Å²) in [6.07, 6.45) is -5.43. The molecule has 0 aliphatic rings. The van der Waals surface area contributed by atoms with Gasteiger partial charge in [-0.05, 0) is 0 Å². The van der Waals surface area contributed by atoms with E-state index < -0.39 is 72.7 Å². The summed E-state index contributed by atoms with van der Waals surface area (Å²) < 4.78 is 0. The van der Waals surface area contributed by atoms with Crippen LogP contribution in [-0.4, -0.2) is 101 Å². The Hall–Kier alpha value is 2.42. The summed E-state index contributed by atoms with van der Waals surface area (Å²) in [4.78, 5) is 60.0. The zero-order chi connectivity index (χ0) is 21.3. The summed E-state index contributed by atoms with van der Waals surface area (Å²) in [5.74, 6) is -12.0. The van der Waals surface area contributed by atoms with Gasteiger partial charge in [0.2, 0.25) is 0 Å². The molecule has 0 aliphatic carbocycles.